The van der Waals surface area contributed by atoms with Gasteiger partial charge in [-0.05, 0) is 24.3 Å². The molecule has 0 amide bonds. The van der Waals surface area contributed by atoms with E-state index in [9.17, 15) is 0 Å². The molecule has 0 fully saturated rings. The number of nitrogens with two attached hydrogens (primary N) is 2. The van der Waals surface area contributed by atoms with Crippen molar-refractivity contribution in [1.29, 1.82) is 0 Å². The standard InChI is InChI=1S/2C11H9N5.Cu.2NO3/c2*12-9-7-3-1-2-4-8(7)15-11(16-9)10-13-5-6-14-10;;2*2-1(3)4/h2*1-6H,(H,13,14)(H2,12,15,16);;;/q;;+2;2*-1. The third kappa shape index (κ3) is 9.09. The minimum Gasteiger partial charge on any atom is -0.383 e. The first kappa shape index (κ1) is 31.3. The molecule has 0 unspecified atom stereocenters. The maximum atomic E-state index is 8.25. The summed E-state index contributed by atoms with van der Waals surface area (Å²) in [5.41, 5.74) is 13.4. The number of hydrogen-bond donors (Lipinski definition) is 4. The van der Waals surface area contributed by atoms with Crippen LogP contribution in [-0.4, -0.2) is 50.0 Å². The van der Waals surface area contributed by atoms with Crippen LogP contribution in [0.4, 0.5) is 11.6 Å². The summed E-state index contributed by atoms with van der Waals surface area (Å²) in [5.74, 6) is 3.21. The van der Waals surface area contributed by atoms with Crippen molar-refractivity contribution in [2.75, 3.05) is 11.5 Å². The number of nitrogens with one attached hydrogen (secondary N) is 2. The van der Waals surface area contributed by atoms with Gasteiger partial charge in [0.15, 0.2) is 23.3 Å². The van der Waals surface area contributed by atoms with E-state index in [0.717, 1.165) is 21.8 Å². The molecule has 4 aromatic heterocycles. The maximum absolute atomic E-state index is 8.25. The van der Waals surface area contributed by atoms with Crippen LogP contribution in [-0.2, 0) is 17.1 Å². The minimum atomic E-state index is -1.75. The van der Waals surface area contributed by atoms with Gasteiger partial charge in [0.25, 0.3) is 0 Å². The van der Waals surface area contributed by atoms with E-state index in [0.29, 0.717) is 34.9 Å². The molecule has 19 heteroatoms. The second-order valence-electron chi connectivity index (χ2n) is 7.22. The van der Waals surface area contributed by atoms with Crippen molar-refractivity contribution in [2.45, 2.75) is 0 Å². The van der Waals surface area contributed by atoms with Crippen molar-refractivity contribution in [3.05, 3.63) is 104 Å². The number of rotatable bonds is 2. The zero-order valence-corrected chi connectivity index (χ0v) is 21.4. The first-order valence-corrected chi connectivity index (χ1v) is 10.8. The van der Waals surface area contributed by atoms with E-state index in [1.54, 1.807) is 24.8 Å². The van der Waals surface area contributed by atoms with Crippen molar-refractivity contribution in [1.82, 2.24) is 39.9 Å². The summed E-state index contributed by atoms with van der Waals surface area (Å²) in [6, 6.07) is 15.3. The van der Waals surface area contributed by atoms with Gasteiger partial charge in [-0.25, -0.2) is 29.9 Å². The fraction of sp³-hybridized carbons (Fsp3) is 0. The van der Waals surface area contributed by atoms with Crippen molar-refractivity contribution >= 4 is 33.4 Å². The molecule has 0 aliphatic rings. The summed E-state index contributed by atoms with van der Waals surface area (Å²) in [7, 11) is 0. The Morgan fingerprint density at radius 1 is 0.610 bits per heavy atom. The van der Waals surface area contributed by atoms with Gasteiger partial charge in [-0.15, -0.1) is 0 Å². The maximum Gasteiger partial charge on any atom is 2.00 e. The van der Waals surface area contributed by atoms with E-state index in [4.69, 9.17) is 42.1 Å². The first-order chi connectivity index (χ1) is 19.2. The largest absolute Gasteiger partial charge is 2.00 e. The van der Waals surface area contributed by atoms with Gasteiger partial charge in [0.2, 0.25) is 0 Å². The number of para-hydroxylation sites is 2. The molecule has 0 saturated carbocycles. The number of nitrogen functional groups attached to an aromatic ring is 2. The molecular formula is C22H18CuN12O6. The van der Waals surface area contributed by atoms with Crippen molar-refractivity contribution < 1.29 is 27.2 Å². The topological polar surface area (TPSA) is 293 Å². The van der Waals surface area contributed by atoms with Gasteiger partial charge in [0.1, 0.15) is 11.6 Å². The molecule has 6 rings (SSSR count). The first-order valence-electron chi connectivity index (χ1n) is 10.8. The predicted octanol–water partition coefficient (Wildman–Crippen LogP) is 2.72. The summed E-state index contributed by atoms with van der Waals surface area (Å²) in [6.07, 6.45) is 6.77. The van der Waals surface area contributed by atoms with Gasteiger partial charge in [0, 0.05) is 35.6 Å². The Labute approximate surface area is 239 Å². The summed E-state index contributed by atoms with van der Waals surface area (Å²) in [4.78, 5) is 47.8. The van der Waals surface area contributed by atoms with Gasteiger partial charge >= 0.3 is 17.1 Å². The van der Waals surface area contributed by atoms with Crippen LogP contribution in [0.5, 0.6) is 0 Å². The predicted molar refractivity (Wildman–Crippen MR) is 144 cm³/mol. The van der Waals surface area contributed by atoms with Crippen LogP contribution in [0.2, 0.25) is 0 Å². The van der Waals surface area contributed by atoms with Gasteiger partial charge < -0.3 is 52.1 Å². The summed E-state index contributed by atoms with van der Waals surface area (Å²) in [6.45, 7) is 0. The van der Waals surface area contributed by atoms with E-state index in [-0.39, 0.29) is 17.1 Å². The number of hydrogen-bond acceptors (Lipinski definition) is 14. The Balaban J connectivity index is 0.000000224. The van der Waals surface area contributed by atoms with Crippen molar-refractivity contribution in [2.24, 2.45) is 0 Å². The molecular weight excluding hydrogens is 592 g/mol. The van der Waals surface area contributed by atoms with Crippen molar-refractivity contribution in [3.8, 4) is 23.3 Å². The summed E-state index contributed by atoms with van der Waals surface area (Å²) in [5, 5.41) is 31.2. The normalized spacial score (nSPS) is 9.56. The number of imidazole rings is 2. The van der Waals surface area contributed by atoms with Gasteiger partial charge in [-0.3, -0.25) is 0 Å². The minimum absolute atomic E-state index is 0. The number of fused-ring (bicyclic) bond motifs is 2. The molecule has 0 bridgehead atoms. The van der Waals surface area contributed by atoms with Gasteiger partial charge in [0.05, 0.1) is 21.2 Å². The quantitative estimate of drug-likeness (QED) is 0.125. The smallest absolute Gasteiger partial charge is 0.383 e. The number of aromatic amines is 2. The fourth-order valence-corrected chi connectivity index (χ4v) is 3.19. The summed E-state index contributed by atoms with van der Waals surface area (Å²) < 4.78 is 0. The third-order valence-corrected chi connectivity index (χ3v) is 4.69. The zero-order valence-electron chi connectivity index (χ0n) is 20.4. The SMILES string of the molecule is Nc1nc(-c2ncc[nH]2)nc2ccccc12.Nc1nc(-c2ncc[nH]2)nc2ccccc12.O=[N+]([O-])[O-].O=[N+]([O-])[O-].[Cu+2]. The molecule has 0 aliphatic heterocycles. The second kappa shape index (κ2) is 14.9. The average molecular weight is 610 g/mol. The van der Waals surface area contributed by atoms with Crippen LogP contribution in [0.15, 0.2) is 73.3 Å². The Morgan fingerprint density at radius 3 is 1.27 bits per heavy atom. The van der Waals surface area contributed by atoms with Crippen LogP contribution >= 0.6 is 0 Å². The Morgan fingerprint density at radius 2 is 0.951 bits per heavy atom. The van der Waals surface area contributed by atoms with E-state index in [1.165, 1.54) is 0 Å². The Kier molecular flexibility index (Phi) is 11.3. The van der Waals surface area contributed by atoms with Gasteiger partial charge in [-0.2, -0.15) is 0 Å². The molecule has 0 saturated heterocycles. The molecule has 0 atom stereocenters. The summed E-state index contributed by atoms with van der Waals surface area (Å²) >= 11 is 0. The molecule has 4 heterocycles. The Bertz CT molecular complexity index is 1580. The van der Waals surface area contributed by atoms with Crippen LogP contribution < -0.4 is 11.5 Å². The fourth-order valence-electron chi connectivity index (χ4n) is 3.19. The van der Waals surface area contributed by atoms with Crippen molar-refractivity contribution in [3.63, 3.8) is 0 Å². The zero-order chi connectivity index (χ0) is 29.1. The van der Waals surface area contributed by atoms with Crippen LogP contribution in [0.1, 0.15) is 0 Å². The number of H-pyrrole nitrogens is 2. The number of benzene rings is 2. The van der Waals surface area contributed by atoms with E-state index >= 15 is 0 Å². The molecule has 2 aromatic carbocycles. The number of aromatic nitrogens is 8. The number of anilines is 2. The second-order valence-corrected chi connectivity index (χ2v) is 7.22. The van der Waals surface area contributed by atoms with Crippen LogP contribution in [0.3, 0.4) is 0 Å². The molecule has 6 N–H and O–H groups in total. The van der Waals surface area contributed by atoms with E-state index in [2.05, 4.69) is 39.9 Å². The van der Waals surface area contributed by atoms with Crippen LogP contribution in [0, 0.1) is 30.6 Å². The molecule has 18 nitrogen and oxygen atoms in total. The van der Waals surface area contributed by atoms with E-state index in [1.807, 2.05) is 48.5 Å². The molecule has 213 valence electrons. The molecule has 6 aromatic rings. The molecule has 41 heavy (non-hydrogen) atoms. The van der Waals surface area contributed by atoms with E-state index < -0.39 is 10.2 Å². The number of nitrogens with zero attached hydrogens (tertiary/aromatic N) is 8. The molecule has 0 spiro atoms. The average Bonchev–Trinajstić information content (AvgIpc) is 3.64. The van der Waals surface area contributed by atoms with Gasteiger partial charge in [-0.1, -0.05) is 24.3 Å². The van der Waals surface area contributed by atoms with Crippen LogP contribution in [0.25, 0.3) is 45.1 Å². The molecule has 0 aliphatic carbocycles. The molecule has 1 radical (unpaired) electrons. The Hall–Kier alpha value is -5.94. The monoisotopic (exact) mass is 609 g/mol. The third-order valence-electron chi connectivity index (χ3n) is 4.69.